The number of ether oxygens (including phenoxy) is 2. The van der Waals surface area contributed by atoms with E-state index in [0.717, 1.165) is 10.9 Å². The molecule has 0 aliphatic carbocycles. The quantitative estimate of drug-likeness (QED) is 0.800. The van der Waals surface area contributed by atoms with Gasteiger partial charge in [-0.1, -0.05) is 11.6 Å². The highest BCUT2D eigenvalue weighted by Gasteiger charge is 2.37. The van der Waals surface area contributed by atoms with Gasteiger partial charge in [-0.25, -0.2) is 4.79 Å². The molecule has 0 amide bonds. The van der Waals surface area contributed by atoms with Crippen LogP contribution in [0.5, 0.6) is 0 Å². The van der Waals surface area contributed by atoms with Crippen LogP contribution in [-0.4, -0.2) is 18.1 Å². The molecule has 0 radical (unpaired) electrons. The number of hydrogen-bond donors (Lipinski definition) is 2. The summed E-state index contributed by atoms with van der Waals surface area (Å²) in [5, 5.41) is 10.3. The third-order valence-corrected chi connectivity index (χ3v) is 4.35. The molecule has 2 aromatic rings. The van der Waals surface area contributed by atoms with Crippen LogP contribution in [0.2, 0.25) is 0 Å². The summed E-state index contributed by atoms with van der Waals surface area (Å²) in [5.74, 6) is -1.58. The van der Waals surface area contributed by atoms with E-state index in [1.54, 1.807) is 19.1 Å². The van der Waals surface area contributed by atoms with Gasteiger partial charge in [0, 0.05) is 11.1 Å². The van der Waals surface area contributed by atoms with Gasteiger partial charge in [0.1, 0.15) is 17.4 Å². The van der Waals surface area contributed by atoms with Gasteiger partial charge in [0.25, 0.3) is 5.56 Å². The molecule has 1 aliphatic heterocycles. The van der Waals surface area contributed by atoms with E-state index in [-0.39, 0.29) is 28.4 Å². The maximum absolute atomic E-state index is 12.7. The number of methoxy groups -OCH3 is 1. The highest BCUT2D eigenvalue weighted by molar-refractivity contribution is 5.93. The average Bonchev–Trinajstić information content (AvgIpc) is 2.60. The number of fused-ring (bicyclic) bond motifs is 1. The van der Waals surface area contributed by atoms with Gasteiger partial charge in [-0.05, 0) is 37.4 Å². The number of nitrogens with zero attached hydrogens (tertiary/aromatic N) is 1. The second-order valence-corrected chi connectivity index (χ2v) is 6.03. The Morgan fingerprint density at radius 1 is 1.35 bits per heavy atom. The summed E-state index contributed by atoms with van der Waals surface area (Å²) >= 11 is 0. The number of nitriles is 1. The zero-order valence-electron chi connectivity index (χ0n) is 14.5. The summed E-state index contributed by atoms with van der Waals surface area (Å²) < 4.78 is 10.1. The number of nitrogens with one attached hydrogen (secondary N) is 1. The zero-order chi connectivity index (χ0) is 19.0. The largest absolute Gasteiger partial charge is 0.466 e. The summed E-state index contributed by atoms with van der Waals surface area (Å²) in [6.45, 7) is 3.47. The van der Waals surface area contributed by atoms with Crippen molar-refractivity contribution in [3.8, 4) is 6.07 Å². The Balaban J connectivity index is 2.33. The number of nitrogens with two attached hydrogens (primary N) is 1. The summed E-state index contributed by atoms with van der Waals surface area (Å²) in [4.78, 5) is 27.8. The molecule has 0 spiro atoms. The highest BCUT2D eigenvalue weighted by atomic mass is 16.5. The lowest BCUT2D eigenvalue weighted by Gasteiger charge is -2.26. The molecule has 2 heterocycles. The van der Waals surface area contributed by atoms with Crippen molar-refractivity contribution in [1.29, 1.82) is 5.26 Å². The topological polar surface area (TPSA) is 118 Å². The minimum Gasteiger partial charge on any atom is -0.466 e. The summed E-state index contributed by atoms with van der Waals surface area (Å²) in [6.07, 6.45) is 0. The number of esters is 1. The molecule has 3 N–H and O–H groups in total. The van der Waals surface area contributed by atoms with Gasteiger partial charge in [0.2, 0.25) is 5.88 Å². The van der Waals surface area contributed by atoms with E-state index in [1.807, 2.05) is 25.1 Å². The molecule has 132 valence electrons. The molecular formula is C19H17N3O4. The Bertz CT molecular complexity index is 1090. The van der Waals surface area contributed by atoms with Crippen LogP contribution in [0.4, 0.5) is 0 Å². The molecule has 7 heteroatoms. The van der Waals surface area contributed by atoms with E-state index in [9.17, 15) is 14.9 Å². The maximum atomic E-state index is 12.7. The highest BCUT2D eigenvalue weighted by Crippen LogP contribution is 2.38. The van der Waals surface area contributed by atoms with E-state index in [1.165, 1.54) is 7.11 Å². The van der Waals surface area contributed by atoms with Gasteiger partial charge in [-0.2, -0.15) is 5.26 Å². The number of carbonyl (C=O) groups excluding carboxylic acids is 1. The number of aromatic amines is 1. The third kappa shape index (κ3) is 2.71. The lowest BCUT2D eigenvalue weighted by molar-refractivity contribution is -0.136. The van der Waals surface area contributed by atoms with Crippen molar-refractivity contribution in [2.24, 2.45) is 5.73 Å². The Morgan fingerprint density at radius 2 is 2.08 bits per heavy atom. The molecule has 1 atom stereocenters. The molecule has 1 aliphatic rings. The smallest absolute Gasteiger partial charge is 0.338 e. The second-order valence-electron chi connectivity index (χ2n) is 6.03. The first kappa shape index (κ1) is 17.3. The fourth-order valence-corrected chi connectivity index (χ4v) is 3.12. The number of carbonyl (C=O) groups is 1. The van der Waals surface area contributed by atoms with Crippen molar-refractivity contribution >= 4 is 16.9 Å². The summed E-state index contributed by atoms with van der Waals surface area (Å²) in [6, 6.07) is 9.21. The van der Waals surface area contributed by atoms with E-state index in [0.29, 0.717) is 5.52 Å². The number of H-pyrrole nitrogens is 1. The predicted octanol–water partition coefficient (Wildman–Crippen LogP) is 2.09. The fourth-order valence-electron chi connectivity index (χ4n) is 3.12. The number of rotatable bonds is 2. The molecule has 0 fully saturated rings. The number of allylic oxidation sites excluding steroid dienone is 2. The van der Waals surface area contributed by atoms with Gasteiger partial charge in [-0.15, -0.1) is 0 Å². The molecule has 0 unspecified atom stereocenters. The predicted molar refractivity (Wildman–Crippen MR) is 94.7 cm³/mol. The number of aromatic nitrogens is 1. The average molecular weight is 351 g/mol. The van der Waals surface area contributed by atoms with Crippen LogP contribution in [-0.2, 0) is 14.3 Å². The lowest BCUT2D eigenvalue weighted by Crippen LogP contribution is -2.28. The van der Waals surface area contributed by atoms with Crippen LogP contribution in [0.15, 0.2) is 51.8 Å². The lowest BCUT2D eigenvalue weighted by atomic mass is 9.83. The van der Waals surface area contributed by atoms with Crippen LogP contribution in [0, 0.1) is 18.3 Å². The van der Waals surface area contributed by atoms with Crippen molar-refractivity contribution in [3.63, 3.8) is 0 Å². The molecule has 1 aromatic heterocycles. The van der Waals surface area contributed by atoms with Crippen LogP contribution in [0.1, 0.15) is 24.0 Å². The van der Waals surface area contributed by atoms with E-state index in [4.69, 9.17) is 15.2 Å². The first-order valence-electron chi connectivity index (χ1n) is 7.87. The van der Waals surface area contributed by atoms with Gasteiger partial charge in [0.15, 0.2) is 0 Å². The Morgan fingerprint density at radius 3 is 2.73 bits per heavy atom. The van der Waals surface area contributed by atoms with Gasteiger partial charge < -0.3 is 20.2 Å². The maximum Gasteiger partial charge on any atom is 0.338 e. The van der Waals surface area contributed by atoms with Crippen LogP contribution in [0.25, 0.3) is 10.9 Å². The summed E-state index contributed by atoms with van der Waals surface area (Å²) in [5.41, 5.74) is 7.39. The minimum absolute atomic E-state index is 0.00602. The first-order chi connectivity index (χ1) is 12.4. The van der Waals surface area contributed by atoms with Crippen molar-refractivity contribution in [2.75, 3.05) is 7.11 Å². The molecule has 0 saturated heterocycles. The van der Waals surface area contributed by atoms with Crippen molar-refractivity contribution < 1.29 is 14.3 Å². The van der Waals surface area contributed by atoms with Gasteiger partial charge in [-0.3, -0.25) is 4.79 Å². The molecule has 7 nitrogen and oxygen atoms in total. The van der Waals surface area contributed by atoms with Crippen molar-refractivity contribution in [2.45, 2.75) is 19.8 Å². The van der Waals surface area contributed by atoms with E-state index in [2.05, 4.69) is 4.98 Å². The molecule has 1 aromatic carbocycles. The van der Waals surface area contributed by atoms with Crippen LogP contribution >= 0.6 is 0 Å². The number of aryl methyl sites for hydroxylation is 1. The third-order valence-electron chi connectivity index (χ3n) is 4.35. The number of benzene rings is 1. The van der Waals surface area contributed by atoms with Crippen LogP contribution < -0.4 is 11.3 Å². The Labute approximate surface area is 149 Å². The molecule has 3 rings (SSSR count). The molecule has 0 bridgehead atoms. The molecule has 26 heavy (non-hydrogen) atoms. The molecular weight excluding hydrogens is 334 g/mol. The standard InChI is InChI=1S/C19H17N3O4/c1-9-4-5-14-11(6-9)7-12(18(23)22-14)16-13(8-20)17(21)26-10(2)15(16)19(24)25-3/h4-7,16H,21H2,1-3H3,(H,22,23)/t16-/m1/s1. The minimum atomic E-state index is -0.963. The van der Waals surface area contributed by atoms with E-state index < -0.39 is 17.4 Å². The monoisotopic (exact) mass is 351 g/mol. The first-order valence-corrected chi connectivity index (χ1v) is 7.87. The normalized spacial score (nSPS) is 17.1. The molecule has 0 saturated carbocycles. The van der Waals surface area contributed by atoms with Crippen molar-refractivity contribution in [3.05, 3.63) is 68.5 Å². The SMILES string of the molecule is COC(=O)C1=C(C)OC(N)=C(C#N)[C@H]1c1cc2cc(C)ccc2[nH]c1=O. The Hall–Kier alpha value is -3.53. The summed E-state index contributed by atoms with van der Waals surface area (Å²) in [7, 11) is 1.22. The zero-order valence-corrected chi connectivity index (χ0v) is 14.5. The fraction of sp³-hybridized carbons (Fsp3) is 0.211. The van der Waals surface area contributed by atoms with Gasteiger partial charge >= 0.3 is 5.97 Å². The Kier molecular flexibility index (Phi) is 4.26. The number of hydrogen-bond acceptors (Lipinski definition) is 6. The number of pyridine rings is 1. The van der Waals surface area contributed by atoms with Gasteiger partial charge in [0.05, 0.1) is 18.6 Å². The van der Waals surface area contributed by atoms with Crippen molar-refractivity contribution in [1.82, 2.24) is 4.98 Å². The second kappa shape index (κ2) is 6.41. The van der Waals surface area contributed by atoms with E-state index >= 15 is 0 Å². The van der Waals surface area contributed by atoms with Crippen LogP contribution in [0.3, 0.4) is 0 Å².